The molecular formula is C18H25F3N2O4. The Balaban J connectivity index is 2.77. The summed E-state index contributed by atoms with van der Waals surface area (Å²) >= 11 is 0. The van der Waals surface area contributed by atoms with Gasteiger partial charge in [-0.05, 0) is 32.8 Å². The van der Waals surface area contributed by atoms with Crippen LogP contribution in [-0.2, 0) is 16.1 Å². The van der Waals surface area contributed by atoms with Gasteiger partial charge in [0.15, 0.2) is 0 Å². The molecule has 0 aliphatic carbocycles. The number of amides is 2. The van der Waals surface area contributed by atoms with Gasteiger partial charge in [-0.3, -0.25) is 4.79 Å². The van der Waals surface area contributed by atoms with Crippen LogP contribution in [0.1, 0.15) is 40.2 Å². The maximum atomic E-state index is 12.5. The van der Waals surface area contributed by atoms with Gasteiger partial charge in [0.25, 0.3) is 0 Å². The van der Waals surface area contributed by atoms with Gasteiger partial charge >= 0.3 is 12.5 Å². The lowest BCUT2D eigenvalue weighted by Gasteiger charge is -2.25. The van der Waals surface area contributed by atoms with Gasteiger partial charge in [-0.25, -0.2) is 4.79 Å². The summed E-state index contributed by atoms with van der Waals surface area (Å²) < 4.78 is 46.5. The molecule has 152 valence electrons. The average Bonchev–Trinajstić information content (AvgIpc) is 2.48. The second-order valence-electron chi connectivity index (χ2n) is 7.24. The van der Waals surface area contributed by atoms with Crippen molar-refractivity contribution in [1.82, 2.24) is 10.6 Å². The third-order valence-electron chi connectivity index (χ3n) is 3.27. The van der Waals surface area contributed by atoms with E-state index in [0.29, 0.717) is 0 Å². The second kappa shape index (κ2) is 8.96. The van der Waals surface area contributed by atoms with Crippen LogP contribution in [0.4, 0.5) is 18.0 Å². The molecule has 0 fully saturated rings. The number of alkyl carbamates (subject to hydrolysis) is 1. The molecule has 0 bridgehead atoms. The van der Waals surface area contributed by atoms with Crippen LogP contribution in [-0.4, -0.2) is 30.0 Å². The SMILES string of the molecule is CC(C)C(NC(=O)OC(C)(C)C)C(=O)NCc1ccccc1OC(F)(F)F. The predicted molar refractivity (Wildman–Crippen MR) is 93.0 cm³/mol. The number of hydrogen-bond donors (Lipinski definition) is 2. The van der Waals surface area contributed by atoms with Crippen molar-refractivity contribution in [2.24, 2.45) is 5.92 Å². The van der Waals surface area contributed by atoms with Gasteiger partial charge in [0.2, 0.25) is 5.91 Å². The molecule has 0 aliphatic rings. The Kier molecular flexibility index (Phi) is 7.50. The van der Waals surface area contributed by atoms with Crippen LogP contribution in [0.2, 0.25) is 0 Å². The van der Waals surface area contributed by atoms with Crippen LogP contribution in [0.15, 0.2) is 24.3 Å². The van der Waals surface area contributed by atoms with Gasteiger partial charge in [-0.15, -0.1) is 13.2 Å². The Morgan fingerprint density at radius 2 is 1.70 bits per heavy atom. The van der Waals surface area contributed by atoms with Crippen molar-refractivity contribution in [3.63, 3.8) is 0 Å². The van der Waals surface area contributed by atoms with Crippen LogP contribution >= 0.6 is 0 Å². The number of hydrogen-bond acceptors (Lipinski definition) is 4. The zero-order valence-corrected chi connectivity index (χ0v) is 15.9. The molecule has 0 aromatic heterocycles. The summed E-state index contributed by atoms with van der Waals surface area (Å²) in [5.41, 5.74) is -0.571. The maximum absolute atomic E-state index is 12.5. The van der Waals surface area contributed by atoms with Gasteiger partial charge in [0.1, 0.15) is 17.4 Å². The first-order valence-electron chi connectivity index (χ1n) is 8.39. The highest BCUT2D eigenvalue weighted by atomic mass is 19.4. The van der Waals surface area contributed by atoms with E-state index >= 15 is 0 Å². The molecule has 0 heterocycles. The molecule has 1 aromatic rings. The highest BCUT2D eigenvalue weighted by molar-refractivity contribution is 5.85. The largest absolute Gasteiger partial charge is 0.573 e. The van der Waals surface area contributed by atoms with Crippen molar-refractivity contribution >= 4 is 12.0 Å². The lowest BCUT2D eigenvalue weighted by Crippen LogP contribution is -2.50. The van der Waals surface area contributed by atoms with Gasteiger partial charge < -0.3 is 20.1 Å². The summed E-state index contributed by atoms with van der Waals surface area (Å²) in [6.45, 7) is 8.33. The molecule has 6 nitrogen and oxygen atoms in total. The van der Waals surface area contributed by atoms with E-state index in [4.69, 9.17) is 4.74 Å². The summed E-state index contributed by atoms with van der Waals surface area (Å²) in [5.74, 6) is -1.21. The fraction of sp³-hybridized carbons (Fsp3) is 0.556. The van der Waals surface area contributed by atoms with Gasteiger partial charge in [-0.1, -0.05) is 32.0 Å². The quantitative estimate of drug-likeness (QED) is 0.776. The van der Waals surface area contributed by atoms with Crippen LogP contribution in [0.5, 0.6) is 5.75 Å². The fourth-order valence-corrected chi connectivity index (χ4v) is 2.14. The third-order valence-corrected chi connectivity index (χ3v) is 3.27. The van der Waals surface area contributed by atoms with E-state index in [1.54, 1.807) is 34.6 Å². The van der Waals surface area contributed by atoms with E-state index in [9.17, 15) is 22.8 Å². The normalized spacial score (nSPS) is 13.1. The zero-order chi connectivity index (χ0) is 20.8. The van der Waals surface area contributed by atoms with Crippen molar-refractivity contribution in [2.75, 3.05) is 0 Å². The molecule has 27 heavy (non-hydrogen) atoms. The van der Waals surface area contributed by atoms with Crippen molar-refractivity contribution < 1.29 is 32.2 Å². The molecule has 2 N–H and O–H groups in total. The molecule has 9 heteroatoms. The Labute approximate surface area is 156 Å². The molecule has 0 saturated heterocycles. The Bertz CT molecular complexity index is 655. The number of carbonyl (C=O) groups excluding carboxylic acids is 2. The molecule has 0 saturated carbocycles. The topological polar surface area (TPSA) is 76.7 Å². The Hall–Kier alpha value is -2.45. The van der Waals surface area contributed by atoms with E-state index in [1.165, 1.54) is 18.2 Å². The van der Waals surface area contributed by atoms with Crippen molar-refractivity contribution in [2.45, 2.75) is 59.2 Å². The second-order valence-corrected chi connectivity index (χ2v) is 7.24. The number of carbonyl (C=O) groups is 2. The molecular weight excluding hydrogens is 365 g/mol. The molecule has 1 aromatic carbocycles. The van der Waals surface area contributed by atoms with E-state index in [1.807, 2.05) is 0 Å². The lowest BCUT2D eigenvalue weighted by atomic mass is 10.0. The predicted octanol–water partition coefficient (Wildman–Crippen LogP) is 3.75. The number of ether oxygens (including phenoxy) is 2. The average molecular weight is 390 g/mol. The first-order valence-corrected chi connectivity index (χ1v) is 8.39. The molecule has 0 spiro atoms. The van der Waals surface area contributed by atoms with Crippen LogP contribution in [0.25, 0.3) is 0 Å². The summed E-state index contributed by atoms with van der Waals surface area (Å²) in [4.78, 5) is 24.3. The minimum absolute atomic E-state index is 0.156. The number of para-hydroxylation sites is 1. The fourth-order valence-electron chi connectivity index (χ4n) is 2.14. The molecule has 2 amide bonds. The lowest BCUT2D eigenvalue weighted by molar-refractivity contribution is -0.274. The van der Waals surface area contributed by atoms with Crippen molar-refractivity contribution in [3.05, 3.63) is 29.8 Å². The van der Waals surface area contributed by atoms with Gasteiger partial charge in [-0.2, -0.15) is 0 Å². The number of alkyl halides is 3. The van der Waals surface area contributed by atoms with Crippen molar-refractivity contribution in [1.29, 1.82) is 0 Å². The van der Waals surface area contributed by atoms with Crippen LogP contribution in [0, 0.1) is 5.92 Å². The smallest absolute Gasteiger partial charge is 0.444 e. The molecule has 1 unspecified atom stereocenters. The number of nitrogens with one attached hydrogen (secondary N) is 2. The highest BCUT2D eigenvalue weighted by Crippen LogP contribution is 2.26. The van der Waals surface area contributed by atoms with E-state index in [2.05, 4.69) is 15.4 Å². The Morgan fingerprint density at radius 1 is 1.11 bits per heavy atom. The molecule has 1 atom stereocenters. The first-order chi connectivity index (χ1) is 12.3. The van der Waals surface area contributed by atoms with Gasteiger partial charge in [0, 0.05) is 12.1 Å². The van der Waals surface area contributed by atoms with Crippen LogP contribution in [0.3, 0.4) is 0 Å². The summed E-state index contributed by atoms with van der Waals surface area (Å²) in [7, 11) is 0. The number of benzene rings is 1. The van der Waals surface area contributed by atoms with E-state index < -0.39 is 35.8 Å². The summed E-state index contributed by atoms with van der Waals surface area (Å²) in [6, 6.07) is 4.59. The standard InChI is InChI=1S/C18H25F3N2O4/c1-11(2)14(23-16(25)27-17(3,4)5)15(24)22-10-12-8-6-7-9-13(12)26-18(19,20)21/h6-9,11,14H,10H2,1-5H3,(H,22,24)(H,23,25). The number of halogens is 3. The zero-order valence-electron chi connectivity index (χ0n) is 15.9. The van der Waals surface area contributed by atoms with Gasteiger partial charge in [0.05, 0.1) is 0 Å². The van der Waals surface area contributed by atoms with E-state index in [-0.39, 0.29) is 18.0 Å². The van der Waals surface area contributed by atoms with Crippen molar-refractivity contribution in [3.8, 4) is 5.75 Å². The molecule has 1 rings (SSSR count). The summed E-state index contributed by atoms with van der Waals surface area (Å²) in [6.07, 6.45) is -5.59. The molecule has 0 aliphatic heterocycles. The van der Waals surface area contributed by atoms with Crippen LogP contribution < -0.4 is 15.4 Å². The first kappa shape index (κ1) is 22.6. The monoisotopic (exact) mass is 390 g/mol. The van der Waals surface area contributed by atoms with E-state index in [0.717, 1.165) is 6.07 Å². The minimum atomic E-state index is -4.83. The highest BCUT2D eigenvalue weighted by Gasteiger charge is 2.32. The minimum Gasteiger partial charge on any atom is -0.444 e. The molecule has 0 radical (unpaired) electrons. The summed E-state index contributed by atoms with van der Waals surface area (Å²) in [5, 5.41) is 5.00. The third kappa shape index (κ3) is 8.65. The number of rotatable bonds is 6. The Morgan fingerprint density at radius 3 is 2.22 bits per heavy atom. The maximum Gasteiger partial charge on any atom is 0.573 e.